The Morgan fingerprint density at radius 2 is 1.68 bits per heavy atom. The van der Waals surface area contributed by atoms with Gasteiger partial charge in [0.2, 0.25) is 17.7 Å². The van der Waals surface area contributed by atoms with E-state index in [0.717, 1.165) is 12.8 Å². The Kier molecular flexibility index (Phi) is 10.6. The van der Waals surface area contributed by atoms with E-state index in [1.54, 1.807) is 37.3 Å². The van der Waals surface area contributed by atoms with Gasteiger partial charge in [-0.2, -0.15) is 5.10 Å². The number of para-hydroxylation sites is 1. The minimum absolute atomic E-state index is 0.0593. The Morgan fingerprint density at radius 1 is 0.979 bits per heavy atom. The molecule has 47 heavy (non-hydrogen) atoms. The van der Waals surface area contributed by atoms with Gasteiger partial charge in [0.15, 0.2) is 12.3 Å². The van der Waals surface area contributed by atoms with E-state index in [4.69, 9.17) is 9.47 Å². The number of likely N-dealkylation sites (tertiary alicyclic amines) is 1. The van der Waals surface area contributed by atoms with Crippen molar-refractivity contribution in [3.8, 4) is 11.6 Å². The highest BCUT2D eigenvalue weighted by atomic mass is 16.6. The number of benzene rings is 1. The van der Waals surface area contributed by atoms with E-state index >= 15 is 0 Å². The van der Waals surface area contributed by atoms with E-state index in [2.05, 4.69) is 15.7 Å². The van der Waals surface area contributed by atoms with E-state index in [9.17, 15) is 33.9 Å². The zero-order valence-electron chi connectivity index (χ0n) is 26.1. The molecule has 2 saturated heterocycles. The molecule has 3 heterocycles. The first-order chi connectivity index (χ1) is 22.6. The Balaban J connectivity index is 1.27. The van der Waals surface area contributed by atoms with Gasteiger partial charge >= 0.3 is 12.1 Å². The summed E-state index contributed by atoms with van der Waals surface area (Å²) in [6.45, 7) is 2.58. The molecule has 2 aromatic rings. The molecule has 16 heteroatoms. The first kappa shape index (κ1) is 33.2. The molecule has 0 radical (unpaired) electrons. The number of aliphatic carboxylic acids is 1. The third kappa shape index (κ3) is 8.37. The van der Waals surface area contributed by atoms with Crippen LogP contribution in [0.15, 0.2) is 36.4 Å². The number of carbonyl (C=O) groups is 6. The zero-order chi connectivity index (χ0) is 33.5. The molecular weight excluding hydrogens is 614 g/mol. The van der Waals surface area contributed by atoms with Gasteiger partial charge in [0.05, 0.1) is 18.7 Å². The summed E-state index contributed by atoms with van der Waals surface area (Å²) in [5.74, 6) is -3.23. The Morgan fingerprint density at radius 3 is 2.34 bits per heavy atom. The van der Waals surface area contributed by atoms with Crippen molar-refractivity contribution in [2.75, 3.05) is 45.9 Å². The van der Waals surface area contributed by atoms with Crippen molar-refractivity contribution in [3.63, 3.8) is 0 Å². The van der Waals surface area contributed by atoms with Crippen LogP contribution >= 0.6 is 0 Å². The van der Waals surface area contributed by atoms with Crippen LogP contribution in [0.4, 0.5) is 4.79 Å². The number of aromatic nitrogens is 2. The Hall–Kier alpha value is -5.15. The molecule has 252 valence electrons. The second-order valence-corrected chi connectivity index (χ2v) is 11.6. The summed E-state index contributed by atoms with van der Waals surface area (Å²) in [5, 5.41) is 19.3. The molecule has 2 atom stereocenters. The maximum Gasteiger partial charge on any atom is 0.409 e. The number of hydrogen-bond acceptors (Lipinski definition) is 9. The molecule has 5 amide bonds. The maximum absolute atomic E-state index is 13.4. The fourth-order valence-corrected chi connectivity index (χ4v) is 5.56. The van der Waals surface area contributed by atoms with Crippen molar-refractivity contribution in [3.05, 3.63) is 42.1 Å². The summed E-state index contributed by atoms with van der Waals surface area (Å²) < 4.78 is 12.2. The average Bonchev–Trinajstić information content (AvgIpc) is 3.55. The third-order valence-corrected chi connectivity index (χ3v) is 8.15. The van der Waals surface area contributed by atoms with Gasteiger partial charge in [-0.05, 0) is 44.7 Å². The molecule has 1 saturated carbocycles. The molecule has 1 aliphatic carbocycles. The highest BCUT2D eigenvalue weighted by molar-refractivity contribution is 5.97. The van der Waals surface area contributed by atoms with Crippen LogP contribution in [0.1, 0.15) is 49.5 Å². The first-order valence-electron chi connectivity index (χ1n) is 15.8. The van der Waals surface area contributed by atoms with Crippen LogP contribution in [0.25, 0.3) is 5.69 Å². The molecule has 2 unspecified atom stereocenters. The maximum atomic E-state index is 13.4. The minimum Gasteiger partial charge on any atom is -0.481 e. The summed E-state index contributed by atoms with van der Waals surface area (Å²) in [4.78, 5) is 80.6. The number of carboxylic acid groups (broad SMARTS) is 1. The van der Waals surface area contributed by atoms with Crippen molar-refractivity contribution >= 4 is 35.7 Å². The lowest BCUT2D eigenvalue weighted by atomic mass is 10.1. The van der Waals surface area contributed by atoms with Gasteiger partial charge in [0.25, 0.3) is 11.8 Å². The second-order valence-electron chi connectivity index (χ2n) is 11.6. The number of carboxylic acids is 1. The number of nitrogens with one attached hydrogen (secondary N) is 2. The van der Waals surface area contributed by atoms with Crippen LogP contribution in [0.5, 0.6) is 5.88 Å². The smallest absolute Gasteiger partial charge is 0.409 e. The van der Waals surface area contributed by atoms with E-state index < -0.39 is 49.0 Å². The molecule has 3 aliphatic rings. The highest BCUT2D eigenvalue weighted by Gasteiger charge is 2.37. The molecule has 3 fully saturated rings. The summed E-state index contributed by atoms with van der Waals surface area (Å²) in [6.07, 6.45) is 1.96. The van der Waals surface area contributed by atoms with Crippen molar-refractivity contribution in [2.45, 2.75) is 57.2 Å². The van der Waals surface area contributed by atoms with Crippen LogP contribution in [0.3, 0.4) is 0 Å². The fraction of sp³-hybridized carbons (Fsp3) is 0.516. The normalized spacial score (nSPS) is 18.3. The molecule has 0 spiro atoms. The number of piperazine rings is 1. The van der Waals surface area contributed by atoms with E-state index in [0.29, 0.717) is 25.1 Å². The highest BCUT2D eigenvalue weighted by Crippen LogP contribution is 2.24. The van der Waals surface area contributed by atoms with Crippen molar-refractivity contribution < 1.29 is 43.3 Å². The van der Waals surface area contributed by atoms with Crippen LogP contribution in [-0.4, -0.2) is 129 Å². The monoisotopic (exact) mass is 653 g/mol. The molecule has 5 rings (SSSR count). The fourth-order valence-electron chi connectivity index (χ4n) is 5.56. The molecule has 0 bridgehead atoms. The van der Waals surface area contributed by atoms with E-state index in [1.807, 2.05) is 0 Å². The number of rotatable bonds is 12. The quantitative estimate of drug-likeness (QED) is 0.289. The lowest BCUT2D eigenvalue weighted by molar-refractivity contribution is -0.143. The van der Waals surface area contributed by atoms with Gasteiger partial charge in [-0.15, -0.1) is 0 Å². The number of nitrogens with zero attached hydrogens (tertiary/aromatic N) is 5. The lowest BCUT2D eigenvalue weighted by Crippen LogP contribution is -2.56. The summed E-state index contributed by atoms with van der Waals surface area (Å²) in [5.41, 5.74) is 0.351. The van der Waals surface area contributed by atoms with Crippen LogP contribution in [0, 0.1) is 0 Å². The summed E-state index contributed by atoms with van der Waals surface area (Å²) in [6, 6.07) is 8.23. The van der Waals surface area contributed by atoms with Crippen molar-refractivity contribution in [1.82, 2.24) is 35.1 Å². The number of hydrogen-bond donors (Lipinski definition) is 3. The Labute approximate surface area is 270 Å². The zero-order valence-corrected chi connectivity index (χ0v) is 26.1. The van der Waals surface area contributed by atoms with Crippen molar-refractivity contribution in [2.24, 2.45) is 0 Å². The van der Waals surface area contributed by atoms with E-state index in [1.165, 1.54) is 25.4 Å². The van der Waals surface area contributed by atoms with Gasteiger partial charge < -0.3 is 39.9 Å². The van der Waals surface area contributed by atoms with Gasteiger partial charge in [-0.3, -0.25) is 24.0 Å². The van der Waals surface area contributed by atoms with Gasteiger partial charge in [-0.1, -0.05) is 18.2 Å². The van der Waals surface area contributed by atoms with Gasteiger partial charge in [0, 0.05) is 44.8 Å². The molecule has 16 nitrogen and oxygen atoms in total. The standard InChI is InChI=1S/C31H39N7O9/c1-2-46-31(45)36-15-13-35(14-16-36)30(44)23(18-27(40)41)33-28(42)22-17-26(38(34-22)21-7-4-3-5-8-21)47-19-25(39)37-12-6-9-24(37)29(43)32-20-10-11-20/h3-5,7-8,17,20,23-24H,2,6,9-16,18-19H2,1H3,(H,32,43)(H,33,42)(H,40,41). The van der Waals surface area contributed by atoms with Crippen LogP contribution in [0.2, 0.25) is 0 Å². The molecule has 3 N–H and O–H groups in total. The molecule has 2 aliphatic heterocycles. The largest absolute Gasteiger partial charge is 0.481 e. The predicted octanol–water partition coefficient (Wildman–Crippen LogP) is 0.395. The first-order valence-corrected chi connectivity index (χ1v) is 15.8. The second kappa shape index (κ2) is 15.0. The predicted molar refractivity (Wildman–Crippen MR) is 164 cm³/mol. The van der Waals surface area contributed by atoms with Gasteiger partial charge in [0.1, 0.15) is 12.1 Å². The lowest BCUT2D eigenvalue weighted by Gasteiger charge is -2.35. The number of amides is 5. The summed E-state index contributed by atoms with van der Waals surface area (Å²) >= 11 is 0. The SMILES string of the molecule is CCOC(=O)N1CCN(C(=O)C(CC(=O)O)NC(=O)c2cc(OCC(=O)N3CCCC3C(=O)NC3CC3)n(-c3ccccc3)n2)CC1. The van der Waals surface area contributed by atoms with Crippen molar-refractivity contribution in [1.29, 1.82) is 0 Å². The van der Waals surface area contributed by atoms with E-state index in [-0.39, 0.29) is 62.2 Å². The minimum atomic E-state index is -1.41. The van der Waals surface area contributed by atoms with Crippen LogP contribution in [-0.2, 0) is 23.9 Å². The third-order valence-electron chi connectivity index (χ3n) is 8.15. The molecule has 1 aromatic heterocycles. The topological polar surface area (TPSA) is 193 Å². The van der Waals surface area contributed by atoms with Gasteiger partial charge in [-0.25, -0.2) is 9.48 Å². The Bertz CT molecular complexity index is 1490. The summed E-state index contributed by atoms with van der Waals surface area (Å²) in [7, 11) is 0. The molecular formula is C31H39N7O9. The average molecular weight is 654 g/mol. The molecule has 1 aromatic carbocycles. The number of ether oxygens (including phenoxy) is 2. The number of carbonyl (C=O) groups excluding carboxylic acids is 5. The van der Waals surface area contributed by atoms with Crippen LogP contribution < -0.4 is 15.4 Å².